The lowest BCUT2D eigenvalue weighted by molar-refractivity contribution is -0.383. The average molecular weight is 394 g/mol. The van der Waals surface area contributed by atoms with Gasteiger partial charge in [-0.15, -0.1) is 0 Å². The van der Waals surface area contributed by atoms with Crippen LogP contribution in [-0.4, -0.2) is 21.0 Å². The Labute approximate surface area is 164 Å². The number of anilines is 1. The Morgan fingerprint density at radius 3 is 2.64 bits per heavy atom. The number of nitrogens with one attached hydrogen (secondary N) is 2. The lowest BCUT2D eigenvalue weighted by atomic mass is 10.1. The highest BCUT2D eigenvalue weighted by Crippen LogP contribution is 2.26. The zero-order valence-corrected chi connectivity index (χ0v) is 15.0. The molecule has 0 fully saturated rings. The van der Waals surface area contributed by atoms with Gasteiger partial charge in [-0.05, 0) is 24.3 Å². The van der Waals surface area contributed by atoms with Gasteiger partial charge in [0.05, 0.1) is 16.8 Å². The SMILES string of the molecule is N#CC(=Cc1cn[nH]c1-c1ccc(Cl)cc1)C(=O)Nc1ccccc1[N+](=O)[O-]. The number of H-pyrrole nitrogens is 1. The van der Waals surface area contributed by atoms with E-state index < -0.39 is 10.8 Å². The van der Waals surface area contributed by atoms with E-state index in [0.29, 0.717) is 16.3 Å². The molecule has 0 aliphatic carbocycles. The number of nitrogens with zero attached hydrogens (tertiary/aromatic N) is 3. The third-order valence-corrected chi connectivity index (χ3v) is 4.07. The number of aromatic amines is 1. The topological polar surface area (TPSA) is 125 Å². The number of hydrogen-bond acceptors (Lipinski definition) is 5. The molecule has 0 spiro atoms. The number of carbonyl (C=O) groups is 1. The van der Waals surface area contributed by atoms with Gasteiger partial charge in [0.1, 0.15) is 17.3 Å². The van der Waals surface area contributed by atoms with Gasteiger partial charge in [0.15, 0.2) is 0 Å². The van der Waals surface area contributed by atoms with Crippen molar-refractivity contribution in [2.75, 3.05) is 5.32 Å². The maximum Gasteiger partial charge on any atom is 0.292 e. The fraction of sp³-hybridized carbons (Fsp3) is 0. The summed E-state index contributed by atoms with van der Waals surface area (Å²) in [7, 11) is 0. The molecule has 2 aromatic carbocycles. The quantitative estimate of drug-likeness (QED) is 0.291. The van der Waals surface area contributed by atoms with Crippen LogP contribution in [0.25, 0.3) is 17.3 Å². The van der Waals surface area contributed by atoms with Crippen molar-refractivity contribution in [2.45, 2.75) is 0 Å². The number of halogens is 1. The second-order valence-corrected chi connectivity index (χ2v) is 6.04. The molecule has 3 aromatic rings. The van der Waals surface area contributed by atoms with Crippen LogP contribution in [0.3, 0.4) is 0 Å². The first-order valence-electron chi connectivity index (χ1n) is 7.95. The van der Waals surface area contributed by atoms with E-state index in [0.717, 1.165) is 5.56 Å². The normalized spacial score (nSPS) is 10.9. The van der Waals surface area contributed by atoms with Gasteiger partial charge < -0.3 is 5.32 Å². The minimum absolute atomic E-state index is 0.00349. The Morgan fingerprint density at radius 1 is 1.25 bits per heavy atom. The monoisotopic (exact) mass is 393 g/mol. The molecule has 8 nitrogen and oxygen atoms in total. The van der Waals surface area contributed by atoms with Crippen LogP contribution in [0, 0.1) is 21.4 Å². The van der Waals surface area contributed by atoms with E-state index in [-0.39, 0.29) is 16.9 Å². The summed E-state index contributed by atoms with van der Waals surface area (Å²) >= 11 is 5.89. The Morgan fingerprint density at radius 2 is 1.96 bits per heavy atom. The summed E-state index contributed by atoms with van der Waals surface area (Å²) in [6.45, 7) is 0. The molecule has 0 atom stereocenters. The first-order chi connectivity index (χ1) is 13.5. The van der Waals surface area contributed by atoms with Crippen LogP contribution in [0.4, 0.5) is 11.4 Å². The average Bonchev–Trinajstić information content (AvgIpc) is 3.15. The minimum Gasteiger partial charge on any atom is -0.316 e. The predicted octanol–water partition coefficient (Wildman–Crippen LogP) is 4.18. The number of benzene rings is 2. The van der Waals surface area contributed by atoms with Crippen molar-refractivity contribution in [1.29, 1.82) is 5.26 Å². The van der Waals surface area contributed by atoms with Crippen molar-refractivity contribution >= 4 is 35.0 Å². The van der Waals surface area contributed by atoms with Crippen molar-refractivity contribution in [3.05, 3.63) is 81.0 Å². The lowest BCUT2D eigenvalue weighted by Crippen LogP contribution is -2.14. The molecule has 28 heavy (non-hydrogen) atoms. The summed E-state index contributed by atoms with van der Waals surface area (Å²) < 4.78 is 0. The van der Waals surface area contributed by atoms with E-state index in [1.54, 1.807) is 30.3 Å². The summed E-state index contributed by atoms with van der Waals surface area (Å²) in [6.07, 6.45) is 2.83. The molecular weight excluding hydrogens is 382 g/mol. The predicted molar refractivity (Wildman–Crippen MR) is 104 cm³/mol. The smallest absolute Gasteiger partial charge is 0.292 e. The summed E-state index contributed by atoms with van der Waals surface area (Å²) in [5.41, 5.74) is 1.39. The van der Waals surface area contributed by atoms with Crippen LogP contribution < -0.4 is 5.32 Å². The van der Waals surface area contributed by atoms with Crippen molar-refractivity contribution in [2.24, 2.45) is 0 Å². The van der Waals surface area contributed by atoms with Gasteiger partial charge in [-0.3, -0.25) is 20.0 Å². The number of rotatable bonds is 5. The number of carbonyl (C=O) groups excluding carboxylic acids is 1. The largest absolute Gasteiger partial charge is 0.316 e. The molecule has 0 saturated carbocycles. The Hall–Kier alpha value is -3.96. The van der Waals surface area contributed by atoms with Crippen LogP contribution in [0.1, 0.15) is 5.56 Å². The number of nitriles is 1. The fourth-order valence-electron chi connectivity index (χ4n) is 2.48. The Balaban J connectivity index is 1.91. The highest BCUT2D eigenvalue weighted by atomic mass is 35.5. The molecule has 138 valence electrons. The Bertz CT molecular complexity index is 1110. The number of hydrogen-bond donors (Lipinski definition) is 2. The van der Waals surface area contributed by atoms with Gasteiger partial charge in [0, 0.05) is 22.2 Å². The zero-order valence-electron chi connectivity index (χ0n) is 14.2. The second-order valence-electron chi connectivity index (χ2n) is 5.61. The lowest BCUT2D eigenvalue weighted by Gasteiger charge is -2.05. The van der Waals surface area contributed by atoms with Crippen molar-refractivity contribution < 1.29 is 9.72 Å². The van der Waals surface area contributed by atoms with Gasteiger partial charge in [0.25, 0.3) is 11.6 Å². The molecule has 0 saturated heterocycles. The van der Waals surface area contributed by atoms with Crippen LogP contribution in [-0.2, 0) is 4.79 Å². The molecule has 0 bridgehead atoms. The van der Waals surface area contributed by atoms with E-state index in [9.17, 15) is 20.2 Å². The fourth-order valence-corrected chi connectivity index (χ4v) is 2.61. The maximum absolute atomic E-state index is 12.5. The van der Waals surface area contributed by atoms with E-state index in [1.807, 2.05) is 6.07 Å². The van der Waals surface area contributed by atoms with Gasteiger partial charge in [-0.2, -0.15) is 10.4 Å². The highest BCUT2D eigenvalue weighted by Gasteiger charge is 2.18. The Kier molecular flexibility index (Phi) is 5.48. The van der Waals surface area contributed by atoms with Crippen LogP contribution in [0.2, 0.25) is 5.02 Å². The molecule has 0 unspecified atom stereocenters. The van der Waals surface area contributed by atoms with Crippen molar-refractivity contribution in [3.8, 4) is 17.3 Å². The number of aromatic nitrogens is 2. The summed E-state index contributed by atoms with van der Waals surface area (Å²) in [5, 5.41) is 30.2. The van der Waals surface area contributed by atoms with E-state index in [1.165, 1.54) is 30.5 Å². The second kappa shape index (κ2) is 8.16. The van der Waals surface area contributed by atoms with Crippen LogP contribution in [0.5, 0.6) is 0 Å². The molecule has 1 amide bonds. The van der Waals surface area contributed by atoms with Gasteiger partial charge in [0.2, 0.25) is 0 Å². The molecular formula is C19H12ClN5O3. The number of nitro benzene ring substituents is 1. The zero-order chi connectivity index (χ0) is 20.1. The summed E-state index contributed by atoms with van der Waals surface area (Å²) in [4.78, 5) is 22.9. The molecule has 3 rings (SSSR count). The number of para-hydroxylation sites is 2. The molecule has 0 aliphatic rings. The first-order valence-corrected chi connectivity index (χ1v) is 8.33. The molecule has 1 aromatic heterocycles. The van der Waals surface area contributed by atoms with Crippen LogP contribution in [0.15, 0.2) is 60.3 Å². The summed E-state index contributed by atoms with van der Waals surface area (Å²) in [5.74, 6) is -0.764. The van der Waals surface area contributed by atoms with Crippen LogP contribution >= 0.6 is 11.6 Å². The van der Waals surface area contributed by atoms with Gasteiger partial charge in [-0.1, -0.05) is 35.9 Å². The molecule has 9 heteroatoms. The number of amides is 1. The molecule has 1 heterocycles. The highest BCUT2D eigenvalue weighted by molar-refractivity contribution is 6.30. The molecule has 0 radical (unpaired) electrons. The number of nitro groups is 1. The van der Waals surface area contributed by atoms with E-state index in [2.05, 4.69) is 15.5 Å². The molecule has 2 N–H and O–H groups in total. The van der Waals surface area contributed by atoms with Crippen molar-refractivity contribution in [3.63, 3.8) is 0 Å². The van der Waals surface area contributed by atoms with E-state index >= 15 is 0 Å². The molecule has 0 aliphatic heterocycles. The van der Waals surface area contributed by atoms with Gasteiger partial charge in [-0.25, -0.2) is 0 Å². The third kappa shape index (κ3) is 4.06. The minimum atomic E-state index is -0.764. The first kappa shape index (κ1) is 18.8. The summed E-state index contributed by atoms with van der Waals surface area (Å²) in [6, 6.07) is 14.5. The third-order valence-electron chi connectivity index (χ3n) is 3.82. The maximum atomic E-state index is 12.5. The van der Waals surface area contributed by atoms with E-state index in [4.69, 9.17) is 11.6 Å². The van der Waals surface area contributed by atoms with Crippen molar-refractivity contribution in [1.82, 2.24) is 10.2 Å². The standard InChI is InChI=1S/C19H12ClN5O3/c20-15-7-5-12(6-8-15)18-14(11-22-24-18)9-13(10-21)19(26)23-16-3-1-2-4-17(16)25(27)28/h1-9,11H,(H,22,24)(H,23,26). The van der Waals surface area contributed by atoms with Gasteiger partial charge >= 0.3 is 0 Å².